The van der Waals surface area contributed by atoms with Gasteiger partial charge >= 0.3 is 0 Å². The van der Waals surface area contributed by atoms with Crippen LogP contribution in [0.15, 0.2) is 63.9 Å². The molecule has 4 N–H and O–H groups in total. The summed E-state index contributed by atoms with van der Waals surface area (Å²) < 4.78 is 20.0. The van der Waals surface area contributed by atoms with E-state index in [1.54, 1.807) is 42.5 Å². The highest BCUT2D eigenvalue weighted by molar-refractivity contribution is 7.95. The van der Waals surface area contributed by atoms with Gasteiger partial charge in [0.25, 0.3) is 5.91 Å². The largest absolute Gasteiger partial charge is 0.348 e. The number of nitrogens with zero attached hydrogens (tertiary/aromatic N) is 1. The fraction of sp³-hybridized carbons (Fsp3) is 0.182. The lowest BCUT2D eigenvalue weighted by Crippen LogP contribution is -2.25. The summed E-state index contributed by atoms with van der Waals surface area (Å²) in [7, 11) is -1.55. The number of rotatable bonds is 8. The number of allylic oxidation sites excluding steroid dienone is 4. The zero-order valence-corrected chi connectivity index (χ0v) is 20.4. The lowest BCUT2D eigenvalue weighted by molar-refractivity contribution is 0.0951. The van der Waals surface area contributed by atoms with Crippen molar-refractivity contribution in [2.24, 2.45) is 9.54 Å². The molecule has 0 heterocycles. The predicted molar refractivity (Wildman–Crippen MR) is 136 cm³/mol. The molecule has 0 bridgehead atoms. The van der Waals surface area contributed by atoms with Gasteiger partial charge in [-0.25, -0.2) is 8.61 Å². The number of halogens is 2. The molecule has 1 aliphatic carbocycles. The summed E-state index contributed by atoms with van der Waals surface area (Å²) in [5.74, 6) is -0.301. The van der Waals surface area contributed by atoms with Gasteiger partial charge in [-0.15, -0.1) is 0 Å². The molecule has 2 aromatic rings. The SMILES string of the molecule is CCc1ccc(NS(=O)C2=CC=C/C(=N/SN)C2)c(C(=O)NCc2ccc(Cl)cc2Cl)c1. The summed E-state index contributed by atoms with van der Waals surface area (Å²) in [6, 6.07) is 10.6. The van der Waals surface area contributed by atoms with E-state index in [4.69, 9.17) is 28.3 Å². The van der Waals surface area contributed by atoms with Gasteiger partial charge in [-0.1, -0.05) is 48.3 Å². The molecule has 1 unspecified atom stereocenters. The predicted octanol–water partition coefficient (Wildman–Crippen LogP) is 5.37. The molecular formula is C22H22Cl2N4O2S2. The van der Waals surface area contributed by atoms with E-state index in [9.17, 15) is 9.00 Å². The van der Waals surface area contributed by atoms with Gasteiger partial charge in [0.2, 0.25) is 0 Å². The molecule has 1 atom stereocenters. The fourth-order valence-corrected chi connectivity index (χ4v) is 4.74. The maximum Gasteiger partial charge on any atom is 0.253 e. The zero-order valence-electron chi connectivity index (χ0n) is 17.2. The van der Waals surface area contributed by atoms with Gasteiger partial charge < -0.3 is 10.0 Å². The number of nitrogens with one attached hydrogen (secondary N) is 2. The molecule has 0 saturated carbocycles. The van der Waals surface area contributed by atoms with Gasteiger partial charge in [0.1, 0.15) is 11.0 Å². The van der Waals surface area contributed by atoms with Crippen molar-refractivity contribution < 1.29 is 9.00 Å². The van der Waals surface area contributed by atoms with Crippen LogP contribution in [0, 0.1) is 0 Å². The Hall–Kier alpha value is -2.10. The molecule has 6 nitrogen and oxygen atoms in total. The molecule has 1 aliphatic rings. The first-order valence-electron chi connectivity index (χ1n) is 9.74. The molecule has 3 rings (SSSR count). The van der Waals surface area contributed by atoms with Crippen LogP contribution in [-0.2, 0) is 24.0 Å². The smallest absolute Gasteiger partial charge is 0.253 e. The number of hydrogen-bond donors (Lipinski definition) is 3. The highest BCUT2D eigenvalue weighted by atomic mass is 35.5. The van der Waals surface area contributed by atoms with Crippen molar-refractivity contribution in [3.8, 4) is 0 Å². The summed E-state index contributed by atoms with van der Waals surface area (Å²) >= 11 is 13.0. The van der Waals surface area contributed by atoms with Crippen LogP contribution in [0.1, 0.15) is 34.8 Å². The van der Waals surface area contributed by atoms with E-state index in [-0.39, 0.29) is 12.5 Å². The lowest BCUT2D eigenvalue weighted by Gasteiger charge is -2.16. The normalized spacial score (nSPS) is 15.4. The van der Waals surface area contributed by atoms with E-state index in [1.807, 2.05) is 19.1 Å². The molecule has 0 aromatic heterocycles. The number of hydrogen-bond acceptors (Lipinski definition) is 5. The first-order valence-corrected chi connectivity index (χ1v) is 12.5. The minimum Gasteiger partial charge on any atom is -0.348 e. The molecule has 0 fully saturated rings. The van der Waals surface area contributed by atoms with Gasteiger partial charge in [-0.05, 0) is 54.0 Å². The van der Waals surface area contributed by atoms with Crippen LogP contribution in [0.4, 0.5) is 5.69 Å². The monoisotopic (exact) mass is 508 g/mol. The van der Waals surface area contributed by atoms with E-state index in [2.05, 4.69) is 14.4 Å². The third kappa shape index (κ3) is 6.46. The van der Waals surface area contributed by atoms with Crippen molar-refractivity contribution in [3.63, 3.8) is 0 Å². The minimum atomic E-state index is -1.55. The summed E-state index contributed by atoms with van der Waals surface area (Å²) in [6.45, 7) is 2.24. The van der Waals surface area contributed by atoms with Crippen molar-refractivity contribution in [2.75, 3.05) is 4.72 Å². The van der Waals surface area contributed by atoms with Gasteiger partial charge in [0.05, 0.1) is 29.1 Å². The number of anilines is 1. The molecule has 1 amide bonds. The van der Waals surface area contributed by atoms with Crippen LogP contribution in [0.25, 0.3) is 0 Å². The van der Waals surface area contributed by atoms with Crippen molar-refractivity contribution >= 4 is 63.6 Å². The van der Waals surface area contributed by atoms with Gasteiger partial charge in [0.15, 0.2) is 0 Å². The molecule has 0 aliphatic heterocycles. The Morgan fingerprint density at radius 3 is 2.78 bits per heavy atom. The first-order chi connectivity index (χ1) is 15.4. The topological polar surface area (TPSA) is 96.6 Å². The molecule has 0 spiro atoms. The number of amides is 1. The van der Waals surface area contributed by atoms with Crippen molar-refractivity contribution in [1.29, 1.82) is 0 Å². The number of nitrogens with two attached hydrogens (primary N) is 1. The molecule has 0 radical (unpaired) electrons. The van der Waals surface area contributed by atoms with E-state index >= 15 is 0 Å². The van der Waals surface area contributed by atoms with Crippen molar-refractivity contribution in [1.82, 2.24) is 5.32 Å². The third-order valence-electron chi connectivity index (χ3n) is 4.73. The van der Waals surface area contributed by atoms with Crippen LogP contribution in [0.2, 0.25) is 10.0 Å². The Balaban J connectivity index is 1.78. The summed E-state index contributed by atoms with van der Waals surface area (Å²) in [5.41, 5.74) is 3.34. The lowest BCUT2D eigenvalue weighted by atomic mass is 10.1. The second-order valence-corrected chi connectivity index (χ2v) is 9.38. The number of benzene rings is 2. The average molecular weight is 509 g/mol. The second kappa shape index (κ2) is 11.7. The Morgan fingerprint density at radius 2 is 2.06 bits per heavy atom. The third-order valence-corrected chi connectivity index (χ3v) is 6.82. The average Bonchev–Trinajstić information content (AvgIpc) is 2.79. The second-order valence-electron chi connectivity index (χ2n) is 6.88. The van der Waals surface area contributed by atoms with Crippen LogP contribution >= 0.6 is 35.3 Å². The Morgan fingerprint density at radius 1 is 1.25 bits per heavy atom. The maximum atomic E-state index is 13.0. The van der Waals surface area contributed by atoms with Crippen molar-refractivity contribution in [2.45, 2.75) is 26.3 Å². The van der Waals surface area contributed by atoms with Crippen LogP contribution in [-0.4, -0.2) is 15.8 Å². The summed E-state index contributed by atoms with van der Waals surface area (Å²) in [4.78, 5) is 13.6. The van der Waals surface area contributed by atoms with Crippen molar-refractivity contribution in [3.05, 3.63) is 86.3 Å². The summed E-state index contributed by atoms with van der Waals surface area (Å²) in [5, 5.41) is 9.28. The van der Waals surface area contributed by atoms with Gasteiger partial charge in [-0.3, -0.25) is 9.93 Å². The van der Waals surface area contributed by atoms with E-state index in [1.165, 1.54) is 0 Å². The van der Waals surface area contributed by atoms with Gasteiger partial charge in [-0.2, -0.15) is 0 Å². The van der Waals surface area contributed by atoms with E-state index < -0.39 is 11.0 Å². The van der Waals surface area contributed by atoms with Crippen LogP contribution in [0.5, 0.6) is 0 Å². The minimum absolute atomic E-state index is 0.236. The standard InChI is InChI=1S/C22H22Cl2N4O2S2/c1-2-14-6-9-21(28-32(30)18-5-3-4-17(12-18)27-31-25)19(10-14)22(29)26-13-15-7-8-16(23)11-20(15)24/h3-11,28H,2,12-13,25H2,1H3,(H,26,29)/b27-17-. The number of carbonyl (C=O) groups is 1. The quantitative estimate of drug-likeness (QED) is 0.417. The molecule has 32 heavy (non-hydrogen) atoms. The number of aryl methyl sites for hydroxylation is 1. The summed E-state index contributed by atoms with van der Waals surface area (Å²) in [6.07, 6.45) is 6.53. The van der Waals surface area contributed by atoms with E-state index in [0.717, 1.165) is 35.4 Å². The highest BCUT2D eigenvalue weighted by Crippen LogP contribution is 2.24. The number of carbonyl (C=O) groups excluding carboxylic acids is 1. The Labute approximate surface area is 204 Å². The highest BCUT2D eigenvalue weighted by Gasteiger charge is 2.18. The first kappa shape index (κ1) is 24.5. The van der Waals surface area contributed by atoms with Crippen LogP contribution in [0.3, 0.4) is 0 Å². The zero-order chi connectivity index (χ0) is 23.1. The Kier molecular flexibility index (Phi) is 8.95. The fourth-order valence-electron chi connectivity index (χ4n) is 3.01. The van der Waals surface area contributed by atoms with E-state index in [0.29, 0.717) is 32.6 Å². The molecule has 2 aromatic carbocycles. The Bertz CT molecular complexity index is 1130. The molecule has 10 heteroatoms. The molecular weight excluding hydrogens is 487 g/mol. The maximum absolute atomic E-state index is 13.0. The molecule has 168 valence electrons. The van der Waals surface area contributed by atoms with Gasteiger partial charge in [0, 0.05) is 27.9 Å². The van der Waals surface area contributed by atoms with Crippen LogP contribution < -0.4 is 15.2 Å². The molecule has 0 saturated heterocycles.